The van der Waals surface area contributed by atoms with Crippen molar-refractivity contribution in [1.82, 2.24) is 4.98 Å². The zero-order valence-corrected chi connectivity index (χ0v) is 17.4. The Kier molecular flexibility index (Phi) is 6.07. The molecule has 5 heteroatoms. The summed E-state index contributed by atoms with van der Waals surface area (Å²) in [7, 11) is 1.70. The van der Waals surface area contributed by atoms with Crippen molar-refractivity contribution in [3.05, 3.63) is 100 Å². The number of rotatable bonds is 7. The molecule has 30 heavy (non-hydrogen) atoms. The molecule has 0 fully saturated rings. The van der Waals surface area contributed by atoms with Gasteiger partial charge in [-0.15, -0.1) is 11.3 Å². The second-order valence-electron chi connectivity index (χ2n) is 6.81. The highest BCUT2D eigenvalue weighted by molar-refractivity contribution is 7.16. The third-order valence-corrected chi connectivity index (χ3v) is 5.83. The van der Waals surface area contributed by atoms with E-state index in [0.717, 1.165) is 39.7 Å². The minimum absolute atomic E-state index is 0.654. The molecular weight excluding hydrogens is 390 g/mol. The number of hydrogen-bond donors (Lipinski definition) is 1. The van der Waals surface area contributed by atoms with Crippen molar-refractivity contribution in [1.29, 1.82) is 5.26 Å². The van der Waals surface area contributed by atoms with Gasteiger partial charge in [0.15, 0.2) is 5.13 Å². The van der Waals surface area contributed by atoms with Crippen molar-refractivity contribution >= 4 is 16.5 Å². The van der Waals surface area contributed by atoms with E-state index < -0.39 is 0 Å². The Balaban J connectivity index is 1.61. The van der Waals surface area contributed by atoms with Crippen LogP contribution >= 0.6 is 11.3 Å². The minimum Gasteiger partial charge on any atom is -0.496 e. The van der Waals surface area contributed by atoms with E-state index in [9.17, 15) is 0 Å². The van der Waals surface area contributed by atoms with Crippen molar-refractivity contribution in [2.45, 2.75) is 13.0 Å². The zero-order valence-electron chi connectivity index (χ0n) is 16.6. The molecule has 0 atom stereocenters. The SMILES string of the molecule is COc1ccccc1Cc1sc(NCc2ccc(C#N)cc2)nc1-c1ccccc1. The molecule has 4 rings (SSSR count). The van der Waals surface area contributed by atoms with Crippen molar-refractivity contribution in [2.24, 2.45) is 0 Å². The van der Waals surface area contributed by atoms with Gasteiger partial charge in [-0.05, 0) is 29.3 Å². The predicted molar refractivity (Wildman–Crippen MR) is 122 cm³/mol. The molecular formula is C25H21N3OS. The van der Waals surface area contributed by atoms with Crippen molar-refractivity contribution < 1.29 is 4.74 Å². The third-order valence-electron chi connectivity index (χ3n) is 4.81. The summed E-state index contributed by atoms with van der Waals surface area (Å²) in [6.45, 7) is 0.654. The molecule has 0 spiro atoms. The maximum absolute atomic E-state index is 8.95. The van der Waals surface area contributed by atoms with Crippen molar-refractivity contribution in [3.8, 4) is 23.1 Å². The molecule has 0 amide bonds. The van der Waals surface area contributed by atoms with Gasteiger partial charge in [0.25, 0.3) is 0 Å². The zero-order chi connectivity index (χ0) is 20.8. The van der Waals surface area contributed by atoms with Crippen LogP contribution in [0.15, 0.2) is 78.9 Å². The topological polar surface area (TPSA) is 57.9 Å². The van der Waals surface area contributed by atoms with Crippen LogP contribution in [0.5, 0.6) is 5.75 Å². The maximum Gasteiger partial charge on any atom is 0.183 e. The lowest BCUT2D eigenvalue weighted by Crippen LogP contribution is -1.98. The summed E-state index contributed by atoms with van der Waals surface area (Å²) < 4.78 is 5.54. The third kappa shape index (κ3) is 4.51. The number of methoxy groups -OCH3 is 1. The van der Waals surface area contributed by atoms with E-state index in [0.29, 0.717) is 12.1 Å². The van der Waals surface area contributed by atoms with Gasteiger partial charge < -0.3 is 10.1 Å². The lowest BCUT2D eigenvalue weighted by molar-refractivity contribution is 0.410. The van der Waals surface area contributed by atoms with Crippen LogP contribution in [0, 0.1) is 11.3 Å². The average Bonchev–Trinajstić information content (AvgIpc) is 3.21. The lowest BCUT2D eigenvalue weighted by atomic mass is 10.1. The first-order valence-corrected chi connectivity index (χ1v) is 10.5. The summed E-state index contributed by atoms with van der Waals surface area (Å²) in [5, 5.41) is 13.3. The highest BCUT2D eigenvalue weighted by Gasteiger charge is 2.15. The molecule has 1 heterocycles. The van der Waals surface area contributed by atoms with Gasteiger partial charge in [0.2, 0.25) is 0 Å². The molecule has 0 bridgehead atoms. The fourth-order valence-electron chi connectivity index (χ4n) is 3.27. The van der Waals surface area contributed by atoms with Gasteiger partial charge in [-0.2, -0.15) is 5.26 Å². The largest absolute Gasteiger partial charge is 0.496 e. The second-order valence-corrected chi connectivity index (χ2v) is 7.89. The Labute approximate surface area is 180 Å². The summed E-state index contributed by atoms with van der Waals surface area (Å²) in [6, 6.07) is 28.1. The van der Waals surface area contributed by atoms with E-state index >= 15 is 0 Å². The Hall–Kier alpha value is -3.62. The predicted octanol–water partition coefficient (Wildman–Crippen LogP) is 5.89. The lowest BCUT2D eigenvalue weighted by Gasteiger charge is -2.08. The van der Waals surface area contributed by atoms with Crippen LogP contribution in [0.1, 0.15) is 21.6 Å². The Morgan fingerprint density at radius 2 is 1.70 bits per heavy atom. The van der Waals surface area contributed by atoms with Crippen LogP contribution in [-0.4, -0.2) is 12.1 Å². The minimum atomic E-state index is 0.654. The summed E-state index contributed by atoms with van der Waals surface area (Å²) in [4.78, 5) is 6.08. The molecule has 1 aromatic heterocycles. The number of aromatic nitrogens is 1. The van der Waals surface area contributed by atoms with Gasteiger partial charge in [-0.3, -0.25) is 0 Å². The quantitative estimate of drug-likeness (QED) is 0.412. The van der Waals surface area contributed by atoms with Gasteiger partial charge in [0, 0.05) is 23.4 Å². The van der Waals surface area contributed by atoms with E-state index in [2.05, 4.69) is 29.6 Å². The normalized spacial score (nSPS) is 10.4. The van der Waals surface area contributed by atoms with E-state index in [-0.39, 0.29) is 0 Å². The molecule has 0 aliphatic rings. The highest BCUT2D eigenvalue weighted by Crippen LogP contribution is 2.34. The van der Waals surface area contributed by atoms with E-state index in [1.807, 2.05) is 60.7 Å². The molecule has 148 valence electrons. The molecule has 0 unspecified atom stereocenters. The van der Waals surface area contributed by atoms with Crippen LogP contribution in [-0.2, 0) is 13.0 Å². The van der Waals surface area contributed by atoms with Crippen LogP contribution in [0.2, 0.25) is 0 Å². The molecule has 0 aliphatic carbocycles. The van der Waals surface area contributed by atoms with Crippen LogP contribution < -0.4 is 10.1 Å². The molecule has 0 radical (unpaired) electrons. The fraction of sp³-hybridized carbons (Fsp3) is 0.120. The first-order valence-electron chi connectivity index (χ1n) is 9.67. The molecule has 4 nitrogen and oxygen atoms in total. The molecule has 1 N–H and O–H groups in total. The number of nitrogens with one attached hydrogen (secondary N) is 1. The Morgan fingerprint density at radius 3 is 2.43 bits per heavy atom. The smallest absolute Gasteiger partial charge is 0.183 e. The van der Waals surface area contributed by atoms with Gasteiger partial charge in [0.1, 0.15) is 5.75 Å². The number of benzene rings is 3. The van der Waals surface area contributed by atoms with E-state index in [4.69, 9.17) is 15.0 Å². The summed E-state index contributed by atoms with van der Waals surface area (Å²) >= 11 is 1.67. The van der Waals surface area contributed by atoms with Gasteiger partial charge in [-0.25, -0.2) is 4.98 Å². The monoisotopic (exact) mass is 411 g/mol. The number of thiazole rings is 1. The van der Waals surface area contributed by atoms with Gasteiger partial charge in [-0.1, -0.05) is 60.7 Å². The van der Waals surface area contributed by atoms with Gasteiger partial charge >= 0.3 is 0 Å². The van der Waals surface area contributed by atoms with E-state index in [1.54, 1.807) is 18.4 Å². The van der Waals surface area contributed by atoms with Gasteiger partial charge in [0.05, 0.1) is 24.4 Å². The molecule has 4 aromatic rings. The van der Waals surface area contributed by atoms with Crippen molar-refractivity contribution in [2.75, 3.05) is 12.4 Å². The highest BCUT2D eigenvalue weighted by atomic mass is 32.1. The number of hydrogen-bond acceptors (Lipinski definition) is 5. The summed E-state index contributed by atoms with van der Waals surface area (Å²) in [5.41, 5.74) is 5.01. The standard InChI is InChI=1S/C25H21N3OS/c1-29-22-10-6-5-9-21(22)15-23-24(20-7-3-2-4-8-20)28-25(30-23)27-17-19-13-11-18(16-26)12-14-19/h2-14H,15,17H2,1H3,(H,27,28). The molecule has 0 saturated carbocycles. The number of nitrogens with zero attached hydrogens (tertiary/aromatic N) is 2. The number of para-hydroxylation sites is 1. The number of nitriles is 1. The summed E-state index contributed by atoms with van der Waals surface area (Å²) in [5.74, 6) is 0.886. The van der Waals surface area contributed by atoms with E-state index in [1.165, 1.54) is 4.88 Å². The average molecular weight is 412 g/mol. The molecule has 0 aliphatic heterocycles. The number of anilines is 1. The molecule has 0 saturated heterocycles. The van der Waals surface area contributed by atoms with Crippen LogP contribution in [0.3, 0.4) is 0 Å². The van der Waals surface area contributed by atoms with Crippen molar-refractivity contribution in [3.63, 3.8) is 0 Å². The number of ether oxygens (including phenoxy) is 1. The summed E-state index contributed by atoms with van der Waals surface area (Å²) in [6.07, 6.45) is 0.754. The Bertz CT molecular complexity index is 1160. The first kappa shape index (κ1) is 19.7. The van der Waals surface area contributed by atoms with Crippen LogP contribution in [0.4, 0.5) is 5.13 Å². The second kappa shape index (κ2) is 9.25. The Morgan fingerprint density at radius 1 is 0.967 bits per heavy atom. The fourth-order valence-corrected chi connectivity index (χ4v) is 4.27. The first-order chi connectivity index (χ1) is 14.8. The molecule has 3 aromatic carbocycles. The maximum atomic E-state index is 8.95. The van der Waals surface area contributed by atoms with Crippen LogP contribution in [0.25, 0.3) is 11.3 Å².